The summed E-state index contributed by atoms with van der Waals surface area (Å²) in [5.41, 5.74) is 6.73. The van der Waals surface area contributed by atoms with Crippen molar-refractivity contribution >= 4 is 29.1 Å². The van der Waals surface area contributed by atoms with E-state index in [9.17, 15) is 4.79 Å². The summed E-state index contributed by atoms with van der Waals surface area (Å²) in [6.07, 6.45) is 2.07. The summed E-state index contributed by atoms with van der Waals surface area (Å²) in [6, 6.07) is 9.95. The lowest BCUT2D eigenvalue weighted by atomic mass is 10.1. The molecule has 6 nitrogen and oxygen atoms in total. The van der Waals surface area contributed by atoms with Crippen LogP contribution in [0.25, 0.3) is 0 Å². The molecule has 0 unspecified atom stereocenters. The van der Waals surface area contributed by atoms with Crippen LogP contribution in [-0.4, -0.2) is 29.0 Å². The van der Waals surface area contributed by atoms with Crippen LogP contribution in [0.1, 0.15) is 5.56 Å². The number of benzene rings is 1. The third kappa shape index (κ3) is 4.61. The molecule has 1 aromatic heterocycles. The Balaban J connectivity index is 1.74. The van der Waals surface area contributed by atoms with Gasteiger partial charge in [-0.1, -0.05) is 41.9 Å². The molecule has 0 saturated heterocycles. The van der Waals surface area contributed by atoms with E-state index in [2.05, 4.69) is 20.6 Å². The second-order valence-corrected chi connectivity index (χ2v) is 4.74. The molecule has 1 aromatic carbocycles. The molecule has 110 valence electrons. The van der Waals surface area contributed by atoms with Crippen molar-refractivity contribution in [3.8, 4) is 0 Å². The largest absolute Gasteiger partial charge is 0.382 e. The second kappa shape index (κ2) is 7.44. The predicted molar refractivity (Wildman–Crippen MR) is 83.1 cm³/mol. The van der Waals surface area contributed by atoms with Gasteiger partial charge in [-0.15, -0.1) is 0 Å². The summed E-state index contributed by atoms with van der Waals surface area (Å²) in [6.45, 7) is 0.648. The Labute approximate surface area is 127 Å². The SMILES string of the molecule is Nc1ncnc(NCC(=O)NCCc2ccccc2)c1Cl. The molecule has 1 heterocycles. The van der Waals surface area contributed by atoms with Gasteiger partial charge in [-0.2, -0.15) is 0 Å². The molecule has 0 saturated carbocycles. The summed E-state index contributed by atoms with van der Waals surface area (Å²) in [4.78, 5) is 19.4. The third-order valence-electron chi connectivity index (χ3n) is 2.81. The number of carbonyl (C=O) groups is 1. The number of halogens is 1. The Morgan fingerprint density at radius 2 is 2.00 bits per heavy atom. The number of amides is 1. The highest BCUT2D eigenvalue weighted by molar-refractivity contribution is 6.35. The smallest absolute Gasteiger partial charge is 0.239 e. The molecule has 7 heteroatoms. The highest BCUT2D eigenvalue weighted by Gasteiger charge is 2.07. The van der Waals surface area contributed by atoms with Crippen molar-refractivity contribution in [1.29, 1.82) is 0 Å². The maximum atomic E-state index is 11.7. The van der Waals surface area contributed by atoms with Crippen LogP contribution in [0, 0.1) is 0 Å². The Bertz CT molecular complexity index is 606. The summed E-state index contributed by atoms with van der Waals surface area (Å²) in [5.74, 6) is 0.389. The van der Waals surface area contributed by atoms with Crippen LogP contribution in [0.2, 0.25) is 5.02 Å². The Hall–Kier alpha value is -2.34. The quantitative estimate of drug-likeness (QED) is 0.752. The number of anilines is 2. The van der Waals surface area contributed by atoms with E-state index in [0.717, 1.165) is 6.42 Å². The van der Waals surface area contributed by atoms with Crippen molar-refractivity contribution in [3.63, 3.8) is 0 Å². The van der Waals surface area contributed by atoms with Crippen molar-refractivity contribution in [2.24, 2.45) is 0 Å². The molecular weight excluding hydrogens is 290 g/mol. The minimum absolute atomic E-state index is 0.0744. The monoisotopic (exact) mass is 305 g/mol. The van der Waals surface area contributed by atoms with E-state index in [1.807, 2.05) is 30.3 Å². The molecular formula is C14H16ClN5O. The number of nitrogens with two attached hydrogens (primary N) is 1. The fourth-order valence-corrected chi connectivity index (χ4v) is 1.89. The lowest BCUT2D eigenvalue weighted by Gasteiger charge is -2.09. The first-order chi connectivity index (χ1) is 10.2. The van der Waals surface area contributed by atoms with Crippen LogP contribution in [0.15, 0.2) is 36.7 Å². The molecule has 0 fully saturated rings. The molecule has 0 aliphatic heterocycles. The average Bonchev–Trinajstić information content (AvgIpc) is 2.50. The van der Waals surface area contributed by atoms with Crippen LogP contribution >= 0.6 is 11.6 Å². The highest BCUT2D eigenvalue weighted by Crippen LogP contribution is 2.22. The number of nitrogens with zero attached hydrogens (tertiary/aromatic N) is 2. The number of nitrogens with one attached hydrogen (secondary N) is 2. The maximum Gasteiger partial charge on any atom is 0.239 e. The summed E-state index contributed by atoms with van der Waals surface area (Å²) in [5, 5.41) is 5.86. The molecule has 0 atom stereocenters. The minimum atomic E-state index is -0.140. The Kier molecular flexibility index (Phi) is 5.34. The van der Waals surface area contributed by atoms with E-state index in [-0.39, 0.29) is 23.3 Å². The number of aromatic nitrogens is 2. The van der Waals surface area contributed by atoms with Crippen LogP contribution in [0.5, 0.6) is 0 Å². The second-order valence-electron chi connectivity index (χ2n) is 4.36. The number of nitrogen functional groups attached to an aromatic ring is 1. The molecule has 0 spiro atoms. The van der Waals surface area contributed by atoms with Gasteiger partial charge in [0.1, 0.15) is 17.2 Å². The minimum Gasteiger partial charge on any atom is -0.382 e. The van der Waals surface area contributed by atoms with Crippen LogP contribution in [0.4, 0.5) is 11.6 Å². The van der Waals surface area contributed by atoms with Crippen molar-refractivity contribution in [2.45, 2.75) is 6.42 Å². The fourth-order valence-electron chi connectivity index (χ4n) is 1.72. The van der Waals surface area contributed by atoms with Gasteiger partial charge in [-0.05, 0) is 12.0 Å². The average molecular weight is 306 g/mol. The molecule has 0 aliphatic carbocycles. The van der Waals surface area contributed by atoms with Crippen molar-refractivity contribution in [2.75, 3.05) is 24.1 Å². The summed E-state index contributed by atoms with van der Waals surface area (Å²) < 4.78 is 0. The molecule has 0 radical (unpaired) electrons. The van der Waals surface area contributed by atoms with E-state index in [4.69, 9.17) is 17.3 Å². The number of rotatable bonds is 6. The van der Waals surface area contributed by atoms with E-state index in [1.165, 1.54) is 11.9 Å². The van der Waals surface area contributed by atoms with Gasteiger partial charge in [-0.3, -0.25) is 4.79 Å². The van der Waals surface area contributed by atoms with Gasteiger partial charge in [0.2, 0.25) is 5.91 Å². The molecule has 4 N–H and O–H groups in total. The van der Waals surface area contributed by atoms with Gasteiger partial charge >= 0.3 is 0 Å². The molecule has 21 heavy (non-hydrogen) atoms. The van der Waals surface area contributed by atoms with Crippen molar-refractivity contribution in [1.82, 2.24) is 15.3 Å². The van der Waals surface area contributed by atoms with Gasteiger partial charge in [0, 0.05) is 6.54 Å². The molecule has 0 aliphatic rings. The zero-order chi connectivity index (χ0) is 15.1. The predicted octanol–water partition coefficient (Wildman–Crippen LogP) is 1.48. The topological polar surface area (TPSA) is 92.9 Å². The Morgan fingerprint density at radius 3 is 2.76 bits per heavy atom. The van der Waals surface area contributed by atoms with E-state index in [0.29, 0.717) is 12.4 Å². The lowest BCUT2D eigenvalue weighted by Crippen LogP contribution is -2.31. The summed E-state index contributed by atoms with van der Waals surface area (Å²) in [7, 11) is 0. The first kappa shape index (κ1) is 15.1. The Morgan fingerprint density at radius 1 is 1.24 bits per heavy atom. The normalized spacial score (nSPS) is 10.1. The van der Waals surface area contributed by atoms with E-state index in [1.54, 1.807) is 0 Å². The maximum absolute atomic E-state index is 11.7. The van der Waals surface area contributed by atoms with Crippen LogP contribution in [-0.2, 0) is 11.2 Å². The summed E-state index contributed by atoms with van der Waals surface area (Å²) >= 11 is 5.92. The highest BCUT2D eigenvalue weighted by atomic mass is 35.5. The molecule has 1 amide bonds. The van der Waals surface area contributed by atoms with Gasteiger partial charge in [0.15, 0.2) is 5.82 Å². The lowest BCUT2D eigenvalue weighted by molar-refractivity contribution is -0.119. The molecule has 2 rings (SSSR count). The van der Waals surface area contributed by atoms with Crippen molar-refractivity contribution in [3.05, 3.63) is 47.2 Å². The first-order valence-electron chi connectivity index (χ1n) is 6.47. The zero-order valence-corrected chi connectivity index (χ0v) is 12.1. The van der Waals surface area contributed by atoms with E-state index < -0.39 is 0 Å². The van der Waals surface area contributed by atoms with Gasteiger partial charge in [0.05, 0.1) is 6.54 Å². The number of hydrogen-bond acceptors (Lipinski definition) is 5. The van der Waals surface area contributed by atoms with E-state index >= 15 is 0 Å². The van der Waals surface area contributed by atoms with Gasteiger partial charge in [0.25, 0.3) is 0 Å². The first-order valence-corrected chi connectivity index (χ1v) is 6.85. The standard InChI is InChI=1S/C14H16ClN5O/c15-12-13(16)19-9-20-14(12)18-8-11(21)17-7-6-10-4-2-1-3-5-10/h1-5,9H,6-8H2,(H,17,21)(H3,16,18,19,20). The number of carbonyl (C=O) groups excluding carboxylic acids is 1. The van der Waals surface area contributed by atoms with Crippen molar-refractivity contribution < 1.29 is 4.79 Å². The number of hydrogen-bond donors (Lipinski definition) is 3. The van der Waals surface area contributed by atoms with Gasteiger partial charge < -0.3 is 16.4 Å². The fraction of sp³-hybridized carbons (Fsp3) is 0.214. The van der Waals surface area contributed by atoms with Crippen LogP contribution in [0.3, 0.4) is 0 Å². The molecule has 2 aromatic rings. The molecule has 0 bridgehead atoms. The van der Waals surface area contributed by atoms with Gasteiger partial charge in [-0.25, -0.2) is 9.97 Å². The zero-order valence-electron chi connectivity index (χ0n) is 11.3. The van der Waals surface area contributed by atoms with Crippen LogP contribution < -0.4 is 16.4 Å². The third-order valence-corrected chi connectivity index (χ3v) is 3.18.